The average molecular weight is 386 g/mol. The zero-order chi connectivity index (χ0) is 18.4. The minimum Gasteiger partial charge on any atom is -0.471 e. The van der Waals surface area contributed by atoms with E-state index >= 15 is 0 Å². The first-order valence-corrected chi connectivity index (χ1v) is 10.2. The van der Waals surface area contributed by atoms with Crippen LogP contribution in [0.25, 0.3) is 0 Å². The lowest BCUT2D eigenvalue weighted by atomic mass is 9.54. The van der Waals surface area contributed by atoms with Crippen molar-refractivity contribution in [2.24, 2.45) is 23.7 Å². The second-order valence-corrected chi connectivity index (χ2v) is 8.81. The summed E-state index contributed by atoms with van der Waals surface area (Å²) in [6.07, 6.45) is 8.22. The molecule has 0 atom stereocenters. The molecule has 1 amide bonds. The van der Waals surface area contributed by atoms with Crippen molar-refractivity contribution in [2.75, 3.05) is 0 Å². The summed E-state index contributed by atoms with van der Waals surface area (Å²) in [6, 6.07) is 9.25. The Morgan fingerprint density at radius 3 is 2.41 bits per heavy atom. The number of carbonyl (C=O) groups is 1. The van der Waals surface area contributed by atoms with E-state index in [1.165, 1.54) is 32.1 Å². The fourth-order valence-electron chi connectivity index (χ4n) is 5.68. The molecule has 142 valence electrons. The second-order valence-electron chi connectivity index (χ2n) is 8.37. The van der Waals surface area contributed by atoms with Crippen LogP contribution in [-0.2, 0) is 6.73 Å². The zero-order valence-corrected chi connectivity index (χ0v) is 15.9. The van der Waals surface area contributed by atoms with Crippen molar-refractivity contribution in [1.82, 2.24) is 15.1 Å². The smallest absolute Gasteiger partial charge is 0.269 e. The molecule has 0 saturated heterocycles. The molecular formula is C21H24ClN3O2. The molecule has 5 nitrogen and oxygen atoms in total. The van der Waals surface area contributed by atoms with Crippen molar-refractivity contribution < 1.29 is 9.53 Å². The lowest BCUT2D eigenvalue weighted by Gasteiger charge is -2.54. The minimum absolute atomic E-state index is 0.0373. The molecule has 1 aromatic heterocycles. The zero-order valence-electron chi connectivity index (χ0n) is 15.2. The van der Waals surface area contributed by atoms with E-state index in [0.29, 0.717) is 34.3 Å². The number of nitrogens with zero attached hydrogens (tertiary/aromatic N) is 2. The number of nitrogens with one attached hydrogen (secondary N) is 1. The predicted octanol–water partition coefficient (Wildman–Crippen LogP) is 4.13. The van der Waals surface area contributed by atoms with Crippen LogP contribution in [-0.4, -0.2) is 21.7 Å². The van der Waals surface area contributed by atoms with Crippen molar-refractivity contribution >= 4 is 17.5 Å². The largest absolute Gasteiger partial charge is 0.471 e. The molecule has 4 saturated carbocycles. The van der Waals surface area contributed by atoms with E-state index in [1.54, 1.807) is 41.2 Å². The third-order valence-electron chi connectivity index (χ3n) is 6.64. The Labute approximate surface area is 164 Å². The molecule has 6 rings (SSSR count). The van der Waals surface area contributed by atoms with Gasteiger partial charge in [0.25, 0.3) is 5.91 Å². The van der Waals surface area contributed by atoms with Crippen LogP contribution in [0, 0.1) is 23.7 Å². The molecule has 1 N–H and O–H groups in total. The van der Waals surface area contributed by atoms with Crippen LogP contribution in [0.2, 0.25) is 5.02 Å². The molecule has 1 aromatic carbocycles. The first kappa shape index (κ1) is 17.1. The van der Waals surface area contributed by atoms with Crippen LogP contribution in [0.5, 0.6) is 5.75 Å². The fraction of sp³-hybridized carbons (Fsp3) is 0.524. The second kappa shape index (κ2) is 6.86. The Hall–Kier alpha value is -2.01. The monoisotopic (exact) mass is 385 g/mol. The molecule has 4 bridgehead atoms. The summed E-state index contributed by atoms with van der Waals surface area (Å²) >= 11 is 5.90. The number of rotatable bonds is 5. The standard InChI is InChI=1S/C21H24ClN3O2/c22-17-1-3-18(4-2-17)27-12-25-19(5-6-23-25)21(26)24-20-15-8-13-7-14(10-15)11-16(20)9-13/h1-6,13-16,20H,7-12H2,(H,24,26). The number of carbonyl (C=O) groups excluding carboxylic acids is 1. The Kier molecular flexibility index (Phi) is 4.35. The Bertz CT molecular complexity index is 804. The number of amides is 1. The lowest BCUT2D eigenvalue weighted by Crippen LogP contribution is -2.56. The molecule has 0 radical (unpaired) electrons. The van der Waals surface area contributed by atoms with E-state index in [4.69, 9.17) is 16.3 Å². The van der Waals surface area contributed by atoms with Gasteiger partial charge in [-0.1, -0.05) is 11.6 Å². The van der Waals surface area contributed by atoms with Gasteiger partial charge in [0.2, 0.25) is 0 Å². The van der Waals surface area contributed by atoms with Crippen LogP contribution < -0.4 is 10.1 Å². The Morgan fingerprint density at radius 2 is 1.74 bits per heavy atom. The van der Waals surface area contributed by atoms with Crippen LogP contribution in [0.15, 0.2) is 36.5 Å². The third kappa shape index (κ3) is 3.33. The van der Waals surface area contributed by atoms with Gasteiger partial charge in [0.05, 0.1) is 0 Å². The number of halogens is 1. The molecular weight excluding hydrogens is 362 g/mol. The lowest BCUT2D eigenvalue weighted by molar-refractivity contribution is -0.0121. The van der Waals surface area contributed by atoms with Gasteiger partial charge in [0.15, 0.2) is 6.73 Å². The van der Waals surface area contributed by atoms with Gasteiger partial charge in [-0.25, -0.2) is 4.68 Å². The topological polar surface area (TPSA) is 56.2 Å². The van der Waals surface area contributed by atoms with Crippen LogP contribution in [0.1, 0.15) is 42.6 Å². The van der Waals surface area contributed by atoms with E-state index in [2.05, 4.69) is 10.4 Å². The highest BCUT2D eigenvalue weighted by atomic mass is 35.5. The van der Waals surface area contributed by atoms with Gasteiger partial charge in [-0.15, -0.1) is 0 Å². The van der Waals surface area contributed by atoms with Gasteiger partial charge in [-0.05, 0) is 86.1 Å². The van der Waals surface area contributed by atoms with Crippen molar-refractivity contribution in [1.29, 1.82) is 0 Å². The number of hydrogen-bond donors (Lipinski definition) is 1. The molecule has 2 aromatic rings. The summed E-state index contributed by atoms with van der Waals surface area (Å²) in [5, 5.41) is 8.26. The summed E-state index contributed by atoms with van der Waals surface area (Å²) in [4.78, 5) is 12.9. The first-order chi connectivity index (χ1) is 13.2. The van der Waals surface area contributed by atoms with Crippen LogP contribution in [0.3, 0.4) is 0 Å². The highest BCUT2D eigenvalue weighted by Gasteiger charge is 2.48. The molecule has 4 aliphatic rings. The Balaban J connectivity index is 1.25. The maximum Gasteiger partial charge on any atom is 0.269 e. The molecule has 1 heterocycles. The van der Waals surface area contributed by atoms with E-state index in [1.807, 2.05) is 0 Å². The van der Waals surface area contributed by atoms with Gasteiger partial charge in [0.1, 0.15) is 11.4 Å². The SMILES string of the molecule is O=C(NC1C2CC3CC(C2)CC1C3)c1ccnn1COc1ccc(Cl)cc1. The number of aromatic nitrogens is 2. The molecule has 27 heavy (non-hydrogen) atoms. The maximum absolute atomic E-state index is 12.9. The highest BCUT2D eigenvalue weighted by molar-refractivity contribution is 6.30. The van der Waals surface area contributed by atoms with Crippen molar-refractivity contribution in [3.05, 3.63) is 47.2 Å². The van der Waals surface area contributed by atoms with Gasteiger partial charge in [-0.3, -0.25) is 4.79 Å². The van der Waals surface area contributed by atoms with Crippen molar-refractivity contribution in [2.45, 2.75) is 44.9 Å². The predicted molar refractivity (Wildman–Crippen MR) is 103 cm³/mol. The van der Waals surface area contributed by atoms with E-state index in [9.17, 15) is 4.79 Å². The number of hydrogen-bond acceptors (Lipinski definition) is 3. The van der Waals surface area contributed by atoms with E-state index < -0.39 is 0 Å². The summed E-state index contributed by atoms with van der Waals surface area (Å²) in [5.74, 6) is 3.78. The van der Waals surface area contributed by atoms with Crippen molar-refractivity contribution in [3.8, 4) is 5.75 Å². The van der Waals surface area contributed by atoms with E-state index in [0.717, 1.165) is 11.8 Å². The fourth-order valence-corrected chi connectivity index (χ4v) is 5.81. The minimum atomic E-state index is -0.0373. The summed E-state index contributed by atoms with van der Waals surface area (Å²) < 4.78 is 7.35. The Morgan fingerprint density at radius 1 is 1.07 bits per heavy atom. The molecule has 4 fully saturated rings. The van der Waals surface area contributed by atoms with Crippen molar-refractivity contribution in [3.63, 3.8) is 0 Å². The van der Waals surface area contributed by atoms with Gasteiger partial charge < -0.3 is 10.1 Å². The van der Waals surface area contributed by atoms with Crippen LogP contribution in [0.4, 0.5) is 0 Å². The molecule has 4 aliphatic carbocycles. The normalized spacial score (nSPS) is 31.1. The highest BCUT2D eigenvalue weighted by Crippen LogP contribution is 2.53. The number of ether oxygens (including phenoxy) is 1. The number of benzene rings is 1. The molecule has 0 aliphatic heterocycles. The molecule has 0 spiro atoms. The van der Waals surface area contributed by atoms with Gasteiger partial charge >= 0.3 is 0 Å². The molecule has 6 heteroatoms. The summed E-state index contributed by atoms with van der Waals surface area (Å²) in [7, 11) is 0. The first-order valence-electron chi connectivity index (χ1n) is 9.87. The quantitative estimate of drug-likeness (QED) is 0.841. The average Bonchev–Trinajstić information content (AvgIpc) is 3.12. The summed E-state index contributed by atoms with van der Waals surface area (Å²) in [6.45, 7) is 0.194. The van der Waals surface area contributed by atoms with E-state index in [-0.39, 0.29) is 12.6 Å². The summed E-state index contributed by atoms with van der Waals surface area (Å²) in [5.41, 5.74) is 0.553. The maximum atomic E-state index is 12.9. The molecule has 0 unspecified atom stereocenters. The van der Waals surface area contributed by atoms with Gasteiger partial charge in [0, 0.05) is 17.3 Å². The van der Waals surface area contributed by atoms with Gasteiger partial charge in [-0.2, -0.15) is 5.10 Å². The third-order valence-corrected chi connectivity index (χ3v) is 6.89. The van der Waals surface area contributed by atoms with Crippen LogP contribution >= 0.6 is 11.6 Å².